The lowest BCUT2D eigenvalue weighted by molar-refractivity contribution is 0.0852. The molecular formula is C6H9NO3. The van der Waals surface area contributed by atoms with Crippen molar-refractivity contribution >= 4 is 6.09 Å². The minimum atomic E-state index is -0.675. The van der Waals surface area contributed by atoms with E-state index in [-0.39, 0.29) is 6.10 Å². The molecule has 10 heavy (non-hydrogen) atoms. The molecule has 0 aromatic heterocycles. The van der Waals surface area contributed by atoms with Crippen molar-refractivity contribution < 1.29 is 14.3 Å². The Labute approximate surface area is 58.3 Å². The zero-order chi connectivity index (χ0) is 7.14. The van der Waals surface area contributed by atoms with E-state index in [1.807, 2.05) is 0 Å². The van der Waals surface area contributed by atoms with E-state index in [0.717, 1.165) is 12.8 Å². The lowest BCUT2D eigenvalue weighted by atomic mass is 10.3. The van der Waals surface area contributed by atoms with E-state index in [1.165, 1.54) is 0 Å². The van der Waals surface area contributed by atoms with Crippen LogP contribution in [0.2, 0.25) is 0 Å². The SMILES string of the molecule is NC(=O)OC1CC2OC2C1. The summed E-state index contributed by atoms with van der Waals surface area (Å²) in [5.41, 5.74) is 4.83. The third-order valence-corrected chi connectivity index (χ3v) is 1.96. The smallest absolute Gasteiger partial charge is 0.404 e. The topological polar surface area (TPSA) is 64.9 Å². The first-order valence-corrected chi connectivity index (χ1v) is 3.37. The zero-order valence-electron chi connectivity index (χ0n) is 5.45. The van der Waals surface area contributed by atoms with E-state index in [2.05, 4.69) is 0 Å². The van der Waals surface area contributed by atoms with Crippen molar-refractivity contribution in [3.63, 3.8) is 0 Å². The maximum atomic E-state index is 10.2. The zero-order valence-corrected chi connectivity index (χ0v) is 5.45. The highest BCUT2D eigenvalue weighted by Crippen LogP contribution is 2.39. The summed E-state index contributed by atoms with van der Waals surface area (Å²) in [5.74, 6) is 0. The molecule has 1 amide bonds. The highest BCUT2D eigenvalue weighted by Gasteiger charge is 2.49. The second-order valence-corrected chi connectivity index (χ2v) is 2.74. The molecule has 1 aliphatic heterocycles. The summed E-state index contributed by atoms with van der Waals surface area (Å²) in [4.78, 5) is 10.2. The molecule has 1 saturated carbocycles. The molecule has 56 valence electrons. The highest BCUT2D eigenvalue weighted by molar-refractivity contribution is 5.64. The molecule has 2 unspecified atom stereocenters. The van der Waals surface area contributed by atoms with E-state index in [4.69, 9.17) is 15.2 Å². The van der Waals surface area contributed by atoms with Gasteiger partial charge >= 0.3 is 6.09 Å². The number of nitrogens with two attached hydrogens (primary N) is 1. The van der Waals surface area contributed by atoms with Gasteiger partial charge in [0.2, 0.25) is 0 Å². The van der Waals surface area contributed by atoms with Crippen LogP contribution in [0.25, 0.3) is 0 Å². The summed E-state index contributed by atoms with van der Waals surface area (Å²) >= 11 is 0. The van der Waals surface area contributed by atoms with Gasteiger partial charge in [-0.2, -0.15) is 0 Å². The van der Waals surface area contributed by atoms with Crippen molar-refractivity contribution in [3.05, 3.63) is 0 Å². The molecule has 4 nitrogen and oxygen atoms in total. The van der Waals surface area contributed by atoms with Crippen LogP contribution in [0.3, 0.4) is 0 Å². The van der Waals surface area contributed by atoms with Gasteiger partial charge in [-0.15, -0.1) is 0 Å². The molecule has 1 saturated heterocycles. The molecule has 0 aromatic rings. The number of amides is 1. The van der Waals surface area contributed by atoms with Crippen LogP contribution < -0.4 is 5.73 Å². The van der Waals surface area contributed by atoms with E-state index >= 15 is 0 Å². The normalized spacial score (nSPS) is 42.6. The van der Waals surface area contributed by atoms with Gasteiger partial charge in [-0.25, -0.2) is 4.79 Å². The van der Waals surface area contributed by atoms with Gasteiger partial charge in [0, 0.05) is 12.8 Å². The number of hydrogen-bond acceptors (Lipinski definition) is 3. The summed E-state index contributed by atoms with van der Waals surface area (Å²) in [6.07, 6.45) is 1.70. The Morgan fingerprint density at radius 2 is 2.10 bits per heavy atom. The molecule has 2 fully saturated rings. The molecule has 2 rings (SSSR count). The van der Waals surface area contributed by atoms with E-state index in [0.29, 0.717) is 12.2 Å². The van der Waals surface area contributed by atoms with E-state index in [9.17, 15) is 4.79 Å². The van der Waals surface area contributed by atoms with Gasteiger partial charge in [0.25, 0.3) is 0 Å². The quantitative estimate of drug-likeness (QED) is 0.526. The number of carbonyl (C=O) groups is 1. The number of primary amides is 1. The highest BCUT2D eigenvalue weighted by atomic mass is 16.6. The van der Waals surface area contributed by atoms with Crippen molar-refractivity contribution in [1.82, 2.24) is 0 Å². The Morgan fingerprint density at radius 3 is 2.60 bits per heavy atom. The third kappa shape index (κ3) is 0.945. The molecule has 0 aromatic carbocycles. The molecule has 0 bridgehead atoms. The Balaban J connectivity index is 1.80. The molecule has 2 aliphatic rings. The van der Waals surface area contributed by atoms with Gasteiger partial charge in [0.05, 0.1) is 12.2 Å². The maximum absolute atomic E-state index is 10.2. The molecule has 0 radical (unpaired) electrons. The van der Waals surface area contributed by atoms with Crippen LogP contribution in [0.5, 0.6) is 0 Å². The first-order valence-electron chi connectivity index (χ1n) is 3.37. The second-order valence-electron chi connectivity index (χ2n) is 2.74. The van der Waals surface area contributed by atoms with Gasteiger partial charge in [0.1, 0.15) is 6.10 Å². The average Bonchev–Trinajstić information content (AvgIpc) is 2.39. The monoisotopic (exact) mass is 143 g/mol. The van der Waals surface area contributed by atoms with Crippen LogP contribution in [0.1, 0.15) is 12.8 Å². The largest absolute Gasteiger partial charge is 0.446 e. The summed E-state index contributed by atoms with van der Waals surface area (Å²) in [5, 5.41) is 0. The molecule has 1 heterocycles. The minimum absolute atomic E-state index is 0.0150. The molecule has 2 N–H and O–H groups in total. The summed E-state index contributed by atoms with van der Waals surface area (Å²) < 4.78 is 9.90. The van der Waals surface area contributed by atoms with Crippen molar-refractivity contribution in [3.8, 4) is 0 Å². The Kier molecular flexibility index (Phi) is 1.11. The fourth-order valence-corrected chi connectivity index (χ4v) is 1.47. The van der Waals surface area contributed by atoms with Crippen LogP contribution in [0.4, 0.5) is 4.79 Å². The van der Waals surface area contributed by atoms with E-state index < -0.39 is 6.09 Å². The molecule has 1 aliphatic carbocycles. The molecular weight excluding hydrogens is 134 g/mol. The van der Waals surface area contributed by atoms with Crippen molar-refractivity contribution in [2.24, 2.45) is 5.73 Å². The number of fused-ring (bicyclic) bond motifs is 1. The predicted octanol–water partition coefficient (Wildman–Crippen LogP) is 0.0115. The number of hydrogen-bond donors (Lipinski definition) is 1. The number of epoxide rings is 1. The summed E-state index contributed by atoms with van der Waals surface area (Å²) in [7, 11) is 0. The molecule has 0 spiro atoms. The van der Waals surface area contributed by atoms with Gasteiger partial charge < -0.3 is 15.2 Å². The minimum Gasteiger partial charge on any atom is -0.446 e. The number of rotatable bonds is 1. The van der Waals surface area contributed by atoms with Crippen molar-refractivity contribution in [2.45, 2.75) is 31.2 Å². The third-order valence-electron chi connectivity index (χ3n) is 1.96. The Hall–Kier alpha value is -0.770. The van der Waals surface area contributed by atoms with Crippen LogP contribution in [0, 0.1) is 0 Å². The Bertz CT molecular complexity index is 160. The summed E-state index contributed by atoms with van der Waals surface area (Å²) in [6.45, 7) is 0. The van der Waals surface area contributed by atoms with Crippen molar-refractivity contribution in [2.75, 3.05) is 0 Å². The summed E-state index contributed by atoms with van der Waals surface area (Å²) in [6, 6.07) is 0. The van der Waals surface area contributed by atoms with Gasteiger partial charge in [-0.05, 0) is 0 Å². The lowest BCUT2D eigenvalue weighted by Crippen LogP contribution is -2.21. The van der Waals surface area contributed by atoms with Crippen LogP contribution in [-0.2, 0) is 9.47 Å². The number of ether oxygens (including phenoxy) is 2. The van der Waals surface area contributed by atoms with Crippen LogP contribution in [-0.4, -0.2) is 24.4 Å². The standard InChI is InChI=1S/C6H9NO3/c7-6(8)9-3-1-4-5(2-3)10-4/h3-5H,1-2H2,(H2,7,8). The van der Waals surface area contributed by atoms with E-state index in [1.54, 1.807) is 0 Å². The molecule has 4 heteroatoms. The average molecular weight is 143 g/mol. The fraction of sp³-hybridized carbons (Fsp3) is 0.833. The van der Waals surface area contributed by atoms with Gasteiger partial charge in [-0.3, -0.25) is 0 Å². The lowest BCUT2D eigenvalue weighted by Gasteiger charge is -2.09. The van der Waals surface area contributed by atoms with Crippen molar-refractivity contribution in [1.29, 1.82) is 0 Å². The Morgan fingerprint density at radius 1 is 1.50 bits per heavy atom. The first-order chi connectivity index (χ1) is 4.75. The first kappa shape index (κ1) is 5.97. The number of carbonyl (C=O) groups excluding carboxylic acids is 1. The van der Waals surface area contributed by atoms with Gasteiger partial charge in [0.15, 0.2) is 0 Å². The van der Waals surface area contributed by atoms with Crippen LogP contribution >= 0.6 is 0 Å². The second kappa shape index (κ2) is 1.85. The maximum Gasteiger partial charge on any atom is 0.404 e. The van der Waals surface area contributed by atoms with Crippen LogP contribution in [0.15, 0.2) is 0 Å². The molecule has 2 atom stereocenters. The predicted molar refractivity (Wildman–Crippen MR) is 32.4 cm³/mol. The van der Waals surface area contributed by atoms with Gasteiger partial charge in [-0.1, -0.05) is 0 Å². The fourth-order valence-electron chi connectivity index (χ4n) is 1.47.